The van der Waals surface area contributed by atoms with Gasteiger partial charge in [0.1, 0.15) is 0 Å². The topological polar surface area (TPSA) is 94.2 Å². The van der Waals surface area contributed by atoms with Crippen LogP contribution in [0.15, 0.2) is 47.0 Å². The number of nitrogens with zero attached hydrogens (tertiary/aromatic N) is 5. The Kier molecular flexibility index (Phi) is 5.27. The molecule has 4 rings (SSSR count). The molecular weight excluding hydrogens is 358 g/mol. The maximum atomic E-state index is 12.0. The van der Waals surface area contributed by atoms with Crippen molar-refractivity contribution < 1.29 is 14.1 Å². The van der Waals surface area contributed by atoms with Gasteiger partial charge in [-0.3, -0.25) is 4.79 Å². The lowest BCUT2D eigenvalue weighted by Gasteiger charge is -2.31. The standard InChI is InChI=1S/C20H21N5O3/c1-2-27-20(26)15-9-6-12-25(13-15)17-11-10-16(22-23-17)19-21-18(24-28-19)14-7-4-3-5-8-14/h3-5,7-8,10-11,15H,2,6,9,12-13H2,1H3/t15-/m1/s1. The average Bonchev–Trinajstić information content (AvgIpc) is 3.25. The van der Waals surface area contributed by atoms with Gasteiger partial charge in [0.05, 0.1) is 12.5 Å². The highest BCUT2D eigenvalue weighted by atomic mass is 16.5. The van der Waals surface area contributed by atoms with E-state index >= 15 is 0 Å². The molecule has 1 aliphatic heterocycles. The SMILES string of the molecule is CCOC(=O)[C@@H]1CCCN(c2ccc(-c3nc(-c4ccccc4)no3)nn2)C1. The third kappa shape index (κ3) is 3.85. The predicted octanol–water partition coefficient (Wildman–Crippen LogP) is 2.97. The highest BCUT2D eigenvalue weighted by molar-refractivity contribution is 5.73. The third-order valence-electron chi connectivity index (χ3n) is 4.69. The lowest BCUT2D eigenvalue weighted by atomic mass is 9.98. The number of hydrogen-bond acceptors (Lipinski definition) is 8. The molecule has 1 aliphatic rings. The summed E-state index contributed by atoms with van der Waals surface area (Å²) >= 11 is 0. The second-order valence-corrected chi connectivity index (χ2v) is 6.60. The maximum Gasteiger partial charge on any atom is 0.310 e. The van der Waals surface area contributed by atoms with Gasteiger partial charge >= 0.3 is 5.97 Å². The van der Waals surface area contributed by atoms with E-state index in [-0.39, 0.29) is 11.9 Å². The zero-order chi connectivity index (χ0) is 19.3. The van der Waals surface area contributed by atoms with Crippen molar-refractivity contribution in [1.29, 1.82) is 0 Å². The molecule has 0 amide bonds. The van der Waals surface area contributed by atoms with Crippen LogP contribution < -0.4 is 4.90 Å². The van der Waals surface area contributed by atoms with Crippen molar-refractivity contribution in [1.82, 2.24) is 20.3 Å². The normalized spacial score (nSPS) is 16.8. The van der Waals surface area contributed by atoms with Gasteiger partial charge in [0.2, 0.25) is 5.82 Å². The maximum absolute atomic E-state index is 12.0. The first-order valence-corrected chi connectivity index (χ1v) is 9.39. The molecule has 0 aliphatic carbocycles. The number of anilines is 1. The van der Waals surface area contributed by atoms with E-state index in [1.807, 2.05) is 43.3 Å². The van der Waals surface area contributed by atoms with Gasteiger partial charge in [-0.2, -0.15) is 4.98 Å². The first-order valence-electron chi connectivity index (χ1n) is 9.39. The van der Waals surface area contributed by atoms with Crippen molar-refractivity contribution in [3.05, 3.63) is 42.5 Å². The van der Waals surface area contributed by atoms with E-state index in [4.69, 9.17) is 9.26 Å². The third-order valence-corrected chi connectivity index (χ3v) is 4.69. The van der Waals surface area contributed by atoms with Gasteiger partial charge in [0.25, 0.3) is 5.89 Å². The van der Waals surface area contributed by atoms with Gasteiger partial charge in [-0.1, -0.05) is 35.5 Å². The van der Waals surface area contributed by atoms with Gasteiger partial charge in [-0.25, -0.2) is 0 Å². The zero-order valence-electron chi connectivity index (χ0n) is 15.6. The fraction of sp³-hybridized carbons (Fsp3) is 0.350. The van der Waals surface area contributed by atoms with Crippen molar-refractivity contribution in [2.75, 3.05) is 24.6 Å². The predicted molar refractivity (Wildman–Crippen MR) is 102 cm³/mol. The molecule has 144 valence electrons. The summed E-state index contributed by atoms with van der Waals surface area (Å²) in [6, 6.07) is 13.3. The van der Waals surface area contributed by atoms with Gasteiger partial charge in [0.15, 0.2) is 11.5 Å². The summed E-state index contributed by atoms with van der Waals surface area (Å²) in [4.78, 5) is 18.5. The molecule has 28 heavy (non-hydrogen) atoms. The number of carbonyl (C=O) groups excluding carboxylic acids is 1. The minimum Gasteiger partial charge on any atom is -0.466 e. The van der Waals surface area contributed by atoms with E-state index in [2.05, 4.69) is 25.2 Å². The molecule has 8 nitrogen and oxygen atoms in total. The number of aromatic nitrogens is 4. The molecule has 3 heterocycles. The molecule has 2 aromatic heterocycles. The van der Waals surface area contributed by atoms with E-state index in [0.29, 0.717) is 30.6 Å². The van der Waals surface area contributed by atoms with E-state index in [1.165, 1.54) is 0 Å². The van der Waals surface area contributed by atoms with Gasteiger partial charge in [-0.15, -0.1) is 10.2 Å². The Morgan fingerprint density at radius 3 is 2.82 bits per heavy atom. The number of piperidine rings is 1. The largest absolute Gasteiger partial charge is 0.466 e. The Balaban J connectivity index is 1.47. The van der Waals surface area contributed by atoms with Crippen molar-refractivity contribution in [3.63, 3.8) is 0 Å². The molecule has 1 atom stereocenters. The summed E-state index contributed by atoms with van der Waals surface area (Å²) in [6.07, 6.45) is 1.75. The quantitative estimate of drug-likeness (QED) is 0.625. The molecular formula is C20H21N5O3. The van der Waals surface area contributed by atoms with Crippen molar-refractivity contribution in [2.24, 2.45) is 5.92 Å². The molecule has 1 saturated heterocycles. The van der Waals surface area contributed by atoms with E-state index in [9.17, 15) is 4.79 Å². The minimum absolute atomic E-state index is 0.125. The van der Waals surface area contributed by atoms with Crippen LogP contribution in [0.2, 0.25) is 0 Å². The van der Waals surface area contributed by atoms with E-state index in [1.54, 1.807) is 6.07 Å². The summed E-state index contributed by atoms with van der Waals surface area (Å²) in [6.45, 7) is 3.65. The molecule has 0 unspecified atom stereocenters. The van der Waals surface area contributed by atoms with Crippen LogP contribution in [-0.4, -0.2) is 46.0 Å². The number of esters is 1. The number of carbonyl (C=O) groups is 1. The van der Waals surface area contributed by atoms with Crippen LogP contribution >= 0.6 is 0 Å². The second kappa shape index (κ2) is 8.16. The zero-order valence-corrected chi connectivity index (χ0v) is 15.6. The van der Waals surface area contributed by atoms with Crippen LogP contribution in [0.1, 0.15) is 19.8 Å². The van der Waals surface area contributed by atoms with Crippen LogP contribution in [0.3, 0.4) is 0 Å². The fourth-order valence-electron chi connectivity index (χ4n) is 3.28. The van der Waals surface area contributed by atoms with Gasteiger partial charge in [0, 0.05) is 18.7 Å². The Hall–Kier alpha value is -3.29. The fourth-order valence-corrected chi connectivity index (χ4v) is 3.28. The van der Waals surface area contributed by atoms with Crippen LogP contribution in [0, 0.1) is 5.92 Å². The summed E-state index contributed by atoms with van der Waals surface area (Å²) in [7, 11) is 0. The Morgan fingerprint density at radius 1 is 1.21 bits per heavy atom. The molecule has 0 spiro atoms. The van der Waals surface area contributed by atoms with Gasteiger partial charge < -0.3 is 14.2 Å². The molecule has 0 bridgehead atoms. The smallest absolute Gasteiger partial charge is 0.310 e. The molecule has 8 heteroatoms. The van der Waals surface area contributed by atoms with E-state index in [0.717, 1.165) is 30.8 Å². The minimum atomic E-state index is -0.143. The average molecular weight is 379 g/mol. The first kappa shape index (κ1) is 18.1. The van der Waals surface area contributed by atoms with Crippen molar-refractivity contribution in [2.45, 2.75) is 19.8 Å². The highest BCUT2D eigenvalue weighted by Gasteiger charge is 2.27. The molecule has 0 saturated carbocycles. The molecule has 3 aromatic rings. The molecule has 1 aromatic carbocycles. The number of ether oxygens (including phenoxy) is 1. The molecule has 0 N–H and O–H groups in total. The van der Waals surface area contributed by atoms with Crippen molar-refractivity contribution >= 4 is 11.8 Å². The highest BCUT2D eigenvalue weighted by Crippen LogP contribution is 2.24. The molecule has 1 fully saturated rings. The lowest BCUT2D eigenvalue weighted by Crippen LogP contribution is -2.39. The Bertz CT molecular complexity index is 927. The van der Waals surface area contributed by atoms with Crippen LogP contribution in [0.4, 0.5) is 5.82 Å². The summed E-state index contributed by atoms with van der Waals surface area (Å²) in [5.74, 6) is 1.28. The second-order valence-electron chi connectivity index (χ2n) is 6.60. The van der Waals surface area contributed by atoms with Crippen LogP contribution in [-0.2, 0) is 9.53 Å². The van der Waals surface area contributed by atoms with Crippen LogP contribution in [0.25, 0.3) is 23.0 Å². The molecule has 0 radical (unpaired) electrons. The van der Waals surface area contributed by atoms with Gasteiger partial charge in [-0.05, 0) is 31.9 Å². The summed E-state index contributed by atoms with van der Waals surface area (Å²) < 4.78 is 10.5. The number of hydrogen-bond donors (Lipinski definition) is 0. The Labute approximate surface area is 162 Å². The van der Waals surface area contributed by atoms with Crippen molar-refractivity contribution in [3.8, 4) is 23.0 Å². The Morgan fingerprint density at radius 2 is 2.07 bits per heavy atom. The first-order chi connectivity index (χ1) is 13.7. The van der Waals surface area contributed by atoms with Crippen LogP contribution in [0.5, 0.6) is 0 Å². The monoisotopic (exact) mass is 379 g/mol. The lowest BCUT2D eigenvalue weighted by molar-refractivity contribution is -0.148. The summed E-state index contributed by atoms with van der Waals surface area (Å²) in [5.41, 5.74) is 1.39. The van der Waals surface area contributed by atoms with E-state index < -0.39 is 0 Å². The summed E-state index contributed by atoms with van der Waals surface area (Å²) in [5, 5.41) is 12.5. The number of benzene rings is 1. The number of rotatable bonds is 5.